The second-order valence-corrected chi connectivity index (χ2v) is 1.16. The van der Waals surface area contributed by atoms with Gasteiger partial charge < -0.3 is 4.74 Å². The van der Waals surface area contributed by atoms with Crippen LogP contribution < -0.4 is 0 Å². The Bertz CT molecular complexity index is 25.1. The van der Waals surface area contributed by atoms with Crippen LogP contribution >= 0.6 is 0 Å². The summed E-state index contributed by atoms with van der Waals surface area (Å²) >= 11 is 0. The third-order valence-corrected chi connectivity index (χ3v) is 0.430. The summed E-state index contributed by atoms with van der Waals surface area (Å²) in [5.74, 6) is 0. The maximum Gasteiger partial charge on any atom is 0.0582 e. The summed E-state index contributed by atoms with van der Waals surface area (Å²) in [6, 6.07) is 0. The smallest absolute Gasteiger partial charge is 0.0582 e. The van der Waals surface area contributed by atoms with Gasteiger partial charge >= 0.3 is 0 Å². The average molecular weight is 86.1 g/mol. The van der Waals surface area contributed by atoms with Crippen molar-refractivity contribution in [1.82, 2.24) is 0 Å². The molecule has 1 heteroatoms. The van der Waals surface area contributed by atoms with Crippen molar-refractivity contribution >= 4 is 0 Å². The molecular formula is C5H10O. The van der Waals surface area contributed by atoms with E-state index in [1.807, 2.05) is 13.8 Å². The van der Waals surface area contributed by atoms with Crippen molar-refractivity contribution in [3.63, 3.8) is 0 Å². The van der Waals surface area contributed by atoms with E-state index < -0.39 is 0 Å². The molecule has 0 aromatic carbocycles. The van der Waals surface area contributed by atoms with Gasteiger partial charge in [0.25, 0.3) is 0 Å². The van der Waals surface area contributed by atoms with Gasteiger partial charge in [-0.05, 0) is 20.8 Å². The van der Waals surface area contributed by atoms with E-state index in [1.165, 1.54) is 0 Å². The third-order valence-electron chi connectivity index (χ3n) is 0.430. The van der Waals surface area contributed by atoms with Crippen molar-refractivity contribution in [3.8, 4) is 0 Å². The monoisotopic (exact) mass is 86.1 g/mol. The van der Waals surface area contributed by atoms with Crippen LogP contribution in [0, 0.1) is 6.92 Å². The van der Waals surface area contributed by atoms with Crippen LogP contribution in [-0.2, 0) is 4.74 Å². The van der Waals surface area contributed by atoms with Gasteiger partial charge in [-0.2, -0.15) is 0 Å². The summed E-state index contributed by atoms with van der Waals surface area (Å²) in [6.45, 7) is 9.62. The lowest BCUT2D eigenvalue weighted by Crippen LogP contribution is -2.00. The van der Waals surface area contributed by atoms with Gasteiger partial charge in [-0.25, -0.2) is 0 Å². The molecule has 2 radical (unpaired) electrons. The van der Waals surface area contributed by atoms with Gasteiger partial charge in [0.15, 0.2) is 0 Å². The van der Waals surface area contributed by atoms with Gasteiger partial charge in [0.1, 0.15) is 0 Å². The highest BCUT2D eigenvalue weighted by Gasteiger charge is 1.84. The molecule has 0 N–H and O–H groups in total. The standard InChI is InChI=1S/C5H10O/c1-4-6-5(2)3/h2,5H,4H2,1,3H3. The van der Waals surface area contributed by atoms with Crippen molar-refractivity contribution in [2.24, 2.45) is 0 Å². The molecule has 0 saturated carbocycles. The SMILES string of the molecule is [CH]C(C)OCC. The van der Waals surface area contributed by atoms with Gasteiger partial charge in [0.05, 0.1) is 6.10 Å². The highest BCUT2D eigenvalue weighted by Crippen LogP contribution is 1.82. The van der Waals surface area contributed by atoms with Crippen LogP contribution in [0.4, 0.5) is 0 Å². The number of hydrogen-bond donors (Lipinski definition) is 0. The molecule has 0 spiro atoms. The summed E-state index contributed by atoms with van der Waals surface area (Å²) in [4.78, 5) is 0. The molecule has 0 rings (SSSR count). The largest absolute Gasteiger partial charge is 0.378 e. The zero-order valence-corrected chi connectivity index (χ0v) is 4.27. The first-order chi connectivity index (χ1) is 2.77. The highest BCUT2D eigenvalue weighted by atomic mass is 16.5. The minimum atomic E-state index is -0.102. The van der Waals surface area contributed by atoms with E-state index >= 15 is 0 Å². The summed E-state index contributed by atoms with van der Waals surface area (Å²) in [7, 11) is 0. The van der Waals surface area contributed by atoms with Gasteiger partial charge in [0.2, 0.25) is 0 Å². The molecule has 0 fully saturated rings. The second-order valence-electron chi connectivity index (χ2n) is 1.16. The molecule has 1 nitrogen and oxygen atoms in total. The van der Waals surface area contributed by atoms with E-state index in [0.29, 0.717) is 6.61 Å². The molecule has 1 atom stereocenters. The van der Waals surface area contributed by atoms with E-state index in [4.69, 9.17) is 11.7 Å². The maximum atomic E-state index is 5.18. The molecule has 0 heterocycles. The molecule has 36 valence electrons. The Morgan fingerprint density at radius 3 is 2.33 bits per heavy atom. The predicted molar refractivity (Wildman–Crippen MR) is 25.4 cm³/mol. The van der Waals surface area contributed by atoms with Crippen molar-refractivity contribution < 1.29 is 4.74 Å². The van der Waals surface area contributed by atoms with Crippen molar-refractivity contribution in [2.75, 3.05) is 6.61 Å². The first kappa shape index (κ1) is 5.96. The Hall–Kier alpha value is -0.0400. The van der Waals surface area contributed by atoms with Crippen molar-refractivity contribution in [2.45, 2.75) is 20.0 Å². The van der Waals surface area contributed by atoms with Gasteiger partial charge in [-0.1, -0.05) is 0 Å². The summed E-state index contributed by atoms with van der Waals surface area (Å²) in [5, 5.41) is 0. The fourth-order valence-electron chi connectivity index (χ4n) is 0.263. The number of hydrogen-bond acceptors (Lipinski definition) is 1. The van der Waals surface area contributed by atoms with Gasteiger partial charge in [0, 0.05) is 6.61 Å². The molecule has 1 unspecified atom stereocenters. The zero-order valence-electron chi connectivity index (χ0n) is 4.27. The van der Waals surface area contributed by atoms with Crippen LogP contribution in [0.2, 0.25) is 0 Å². The van der Waals surface area contributed by atoms with Crippen molar-refractivity contribution in [1.29, 1.82) is 0 Å². The minimum Gasteiger partial charge on any atom is -0.378 e. The summed E-state index contributed by atoms with van der Waals surface area (Å²) in [5.41, 5.74) is 0. The molecule has 0 amide bonds. The molecule has 0 bridgehead atoms. The third kappa shape index (κ3) is 3.96. The molecule has 0 aromatic rings. The lowest BCUT2D eigenvalue weighted by molar-refractivity contribution is 0.108. The van der Waals surface area contributed by atoms with Crippen LogP contribution in [0.15, 0.2) is 0 Å². The van der Waals surface area contributed by atoms with Crippen LogP contribution in [0.1, 0.15) is 13.8 Å². The molecule has 0 saturated heterocycles. The maximum absolute atomic E-state index is 5.18. The Morgan fingerprint density at radius 1 is 1.83 bits per heavy atom. The second kappa shape index (κ2) is 3.16. The van der Waals surface area contributed by atoms with Gasteiger partial charge in [-0.15, -0.1) is 0 Å². The number of ether oxygens (including phenoxy) is 1. The molecular weight excluding hydrogens is 76.1 g/mol. The fraction of sp³-hybridized carbons (Fsp3) is 0.800. The quantitative estimate of drug-likeness (QED) is 0.489. The molecule has 0 aliphatic heterocycles. The van der Waals surface area contributed by atoms with E-state index in [9.17, 15) is 0 Å². The number of rotatable bonds is 2. The normalized spacial score (nSPS) is 10.0. The van der Waals surface area contributed by atoms with Crippen LogP contribution in [0.25, 0.3) is 0 Å². The zero-order chi connectivity index (χ0) is 4.99. The summed E-state index contributed by atoms with van der Waals surface area (Å²) in [6.07, 6.45) is -0.102. The van der Waals surface area contributed by atoms with Crippen molar-refractivity contribution in [3.05, 3.63) is 6.92 Å². The Kier molecular flexibility index (Phi) is 3.14. The van der Waals surface area contributed by atoms with Gasteiger partial charge in [-0.3, -0.25) is 0 Å². The van der Waals surface area contributed by atoms with E-state index in [-0.39, 0.29) is 6.10 Å². The van der Waals surface area contributed by atoms with E-state index in [1.54, 1.807) is 0 Å². The van der Waals surface area contributed by atoms with E-state index in [0.717, 1.165) is 0 Å². The summed E-state index contributed by atoms with van der Waals surface area (Å²) < 4.78 is 4.82. The lowest BCUT2D eigenvalue weighted by Gasteiger charge is -1.99. The average Bonchev–Trinajstić information content (AvgIpc) is 1.35. The topological polar surface area (TPSA) is 9.23 Å². The molecule has 0 aliphatic rings. The Labute approximate surface area is 39.3 Å². The minimum absolute atomic E-state index is 0.102. The first-order valence-electron chi connectivity index (χ1n) is 2.14. The Morgan fingerprint density at radius 2 is 2.33 bits per heavy atom. The van der Waals surface area contributed by atoms with E-state index in [2.05, 4.69) is 0 Å². The molecule has 0 aliphatic carbocycles. The molecule has 6 heavy (non-hydrogen) atoms. The first-order valence-corrected chi connectivity index (χ1v) is 2.14. The predicted octanol–water partition coefficient (Wildman–Crippen LogP) is 1.12. The Balaban J connectivity index is 2.63. The lowest BCUT2D eigenvalue weighted by atomic mass is 10.5. The molecule has 0 aromatic heterocycles. The van der Waals surface area contributed by atoms with Crippen LogP contribution in [0.5, 0.6) is 0 Å². The van der Waals surface area contributed by atoms with Crippen LogP contribution in [0.3, 0.4) is 0 Å². The fourth-order valence-corrected chi connectivity index (χ4v) is 0.263. The van der Waals surface area contributed by atoms with Crippen LogP contribution in [-0.4, -0.2) is 12.7 Å². The highest BCUT2D eigenvalue weighted by molar-refractivity contribution is 4.46.